The summed E-state index contributed by atoms with van der Waals surface area (Å²) >= 11 is 3.42. The second-order valence-corrected chi connectivity index (χ2v) is 4.90. The number of hydrogen-bond donors (Lipinski definition) is 2. The molecule has 2 N–H and O–H groups in total. The number of carboxylic acids is 1. The van der Waals surface area contributed by atoms with E-state index in [0.717, 1.165) is 15.6 Å². The van der Waals surface area contributed by atoms with Crippen LogP contribution in [-0.4, -0.2) is 23.5 Å². The minimum absolute atomic E-state index is 0.0796. The van der Waals surface area contributed by atoms with Gasteiger partial charge in [-0.3, -0.25) is 9.59 Å². The van der Waals surface area contributed by atoms with Gasteiger partial charge in [0.15, 0.2) is 0 Å². The summed E-state index contributed by atoms with van der Waals surface area (Å²) in [6.45, 7) is 2.36. The van der Waals surface area contributed by atoms with E-state index in [2.05, 4.69) is 21.2 Å². The van der Waals surface area contributed by atoms with E-state index >= 15 is 0 Å². The summed E-state index contributed by atoms with van der Waals surface area (Å²) in [5.74, 6) is -0.923. The molecule has 98 valence electrons. The molecule has 1 aromatic rings. The van der Waals surface area contributed by atoms with Crippen molar-refractivity contribution in [3.8, 4) is 0 Å². The number of aliphatic carboxylic acids is 1. The summed E-state index contributed by atoms with van der Waals surface area (Å²) in [5.41, 5.74) is 2.03. The molecular weight excluding hydrogens is 298 g/mol. The molecule has 0 saturated heterocycles. The maximum absolute atomic E-state index is 11.6. The van der Waals surface area contributed by atoms with E-state index in [1.165, 1.54) is 0 Å². The Morgan fingerprint density at radius 3 is 2.78 bits per heavy atom. The summed E-state index contributed by atoms with van der Waals surface area (Å²) < 4.78 is 0.985. The summed E-state index contributed by atoms with van der Waals surface area (Å²) in [6.07, 6.45) is 0.854. The van der Waals surface area contributed by atoms with Crippen molar-refractivity contribution in [3.05, 3.63) is 33.8 Å². The van der Waals surface area contributed by atoms with Crippen molar-refractivity contribution in [2.75, 3.05) is 6.54 Å². The maximum atomic E-state index is 11.6. The van der Waals surface area contributed by atoms with Gasteiger partial charge in [0.25, 0.3) is 0 Å². The molecular formula is C13H16BrNO3. The lowest BCUT2D eigenvalue weighted by atomic mass is 10.1. The summed E-state index contributed by atoms with van der Waals surface area (Å²) in [4.78, 5) is 21.9. The van der Waals surface area contributed by atoms with Gasteiger partial charge in [-0.2, -0.15) is 0 Å². The highest BCUT2D eigenvalue weighted by atomic mass is 79.9. The molecule has 0 aliphatic carbocycles. The topological polar surface area (TPSA) is 66.4 Å². The maximum Gasteiger partial charge on any atom is 0.303 e. The van der Waals surface area contributed by atoms with Crippen molar-refractivity contribution < 1.29 is 14.7 Å². The van der Waals surface area contributed by atoms with Crippen LogP contribution in [0.3, 0.4) is 0 Å². The highest BCUT2D eigenvalue weighted by Crippen LogP contribution is 2.19. The molecule has 0 radical (unpaired) electrons. The van der Waals surface area contributed by atoms with Crippen LogP contribution in [0, 0.1) is 6.92 Å². The number of benzene rings is 1. The largest absolute Gasteiger partial charge is 0.481 e. The first-order valence-electron chi connectivity index (χ1n) is 5.73. The molecule has 0 spiro atoms. The van der Waals surface area contributed by atoms with Crippen LogP contribution in [0.2, 0.25) is 0 Å². The van der Waals surface area contributed by atoms with Gasteiger partial charge in [0.2, 0.25) is 5.91 Å². The van der Waals surface area contributed by atoms with E-state index in [1.807, 2.05) is 25.1 Å². The van der Waals surface area contributed by atoms with E-state index in [-0.39, 0.29) is 12.3 Å². The highest BCUT2D eigenvalue weighted by molar-refractivity contribution is 9.10. The Bertz CT molecular complexity index is 446. The Kier molecular flexibility index (Phi) is 5.85. The van der Waals surface area contributed by atoms with Crippen LogP contribution >= 0.6 is 15.9 Å². The van der Waals surface area contributed by atoms with Crippen LogP contribution in [0.4, 0.5) is 0 Å². The molecule has 1 amide bonds. The molecule has 0 aromatic heterocycles. The van der Waals surface area contributed by atoms with Crippen molar-refractivity contribution in [1.29, 1.82) is 0 Å². The minimum Gasteiger partial charge on any atom is -0.481 e. The molecule has 0 unspecified atom stereocenters. The smallest absolute Gasteiger partial charge is 0.303 e. The summed E-state index contributed by atoms with van der Waals surface area (Å²) in [5, 5.41) is 11.2. The fourth-order valence-corrected chi connectivity index (χ4v) is 1.95. The average Bonchev–Trinajstić information content (AvgIpc) is 2.30. The van der Waals surface area contributed by atoms with Crippen molar-refractivity contribution in [2.45, 2.75) is 26.2 Å². The number of carbonyl (C=O) groups is 2. The third-order valence-corrected chi connectivity index (χ3v) is 3.48. The van der Waals surface area contributed by atoms with E-state index in [0.29, 0.717) is 19.4 Å². The third kappa shape index (κ3) is 4.87. The number of hydrogen-bond acceptors (Lipinski definition) is 2. The zero-order valence-corrected chi connectivity index (χ0v) is 11.8. The second-order valence-electron chi connectivity index (χ2n) is 4.05. The molecule has 0 aliphatic heterocycles. The molecule has 1 aromatic carbocycles. The number of carbonyl (C=O) groups excluding carboxylic acids is 1. The van der Waals surface area contributed by atoms with E-state index in [9.17, 15) is 9.59 Å². The molecule has 18 heavy (non-hydrogen) atoms. The highest BCUT2D eigenvalue weighted by Gasteiger charge is 2.07. The Morgan fingerprint density at radius 2 is 2.11 bits per heavy atom. The van der Waals surface area contributed by atoms with Gasteiger partial charge in [0, 0.05) is 17.4 Å². The molecule has 0 heterocycles. The summed E-state index contributed by atoms with van der Waals surface area (Å²) in [6, 6.07) is 5.74. The van der Waals surface area contributed by atoms with Gasteiger partial charge in [-0.05, 0) is 30.5 Å². The van der Waals surface area contributed by atoms with Crippen molar-refractivity contribution >= 4 is 27.8 Å². The fraction of sp³-hybridized carbons (Fsp3) is 0.385. The lowest BCUT2D eigenvalue weighted by molar-refractivity contribution is -0.137. The van der Waals surface area contributed by atoms with Gasteiger partial charge in [-0.15, -0.1) is 0 Å². The molecule has 4 nitrogen and oxygen atoms in total. The number of carboxylic acid groups (broad SMARTS) is 1. The molecule has 0 bridgehead atoms. The predicted molar refractivity (Wildman–Crippen MR) is 72.5 cm³/mol. The number of amides is 1. The lowest BCUT2D eigenvalue weighted by Crippen LogP contribution is -2.26. The van der Waals surface area contributed by atoms with Gasteiger partial charge in [-0.1, -0.05) is 28.1 Å². The standard InChI is InChI=1S/C13H16BrNO3/c1-9-10(4-2-5-11(9)14)8-12(16)15-7-3-6-13(17)18/h2,4-5H,3,6-8H2,1H3,(H,15,16)(H,17,18). The molecule has 5 heteroatoms. The average molecular weight is 314 g/mol. The lowest BCUT2D eigenvalue weighted by Gasteiger charge is -2.08. The second kappa shape index (κ2) is 7.16. The summed E-state index contributed by atoms with van der Waals surface area (Å²) in [7, 11) is 0. The monoisotopic (exact) mass is 313 g/mol. The molecule has 0 aliphatic rings. The van der Waals surface area contributed by atoms with Crippen LogP contribution < -0.4 is 5.32 Å². The number of halogens is 1. The molecule has 0 saturated carbocycles. The van der Waals surface area contributed by atoms with Gasteiger partial charge in [-0.25, -0.2) is 0 Å². The number of nitrogens with one attached hydrogen (secondary N) is 1. The first-order valence-corrected chi connectivity index (χ1v) is 6.52. The fourth-order valence-electron chi connectivity index (χ4n) is 1.55. The normalized spacial score (nSPS) is 10.1. The van der Waals surface area contributed by atoms with E-state index in [4.69, 9.17) is 5.11 Å². The zero-order valence-electron chi connectivity index (χ0n) is 10.2. The zero-order chi connectivity index (χ0) is 13.5. The Labute approximate surface area is 115 Å². The minimum atomic E-state index is -0.841. The third-order valence-electron chi connectivity index (χ3n) is 2.62. The van der Waals surface area contributed by atoms with Gasteiger partial charge in [0.05, 0.1) is 6.42 Å². The van der Waals surface area contributed by atoms with E-state index in [1.54, 1.807) is 0 Å². The van der Waals surface area contributed by atoms with Crippen LogP contribution in [-0.2, 0) is 16.0 Å². The molecule has 1 rings (SSSR count). The first-order chi connectivity index (χ1) is 8.50. The van der Waals surface area contributed by atoms with Crippen LogP contribution in [0.5, 0.6) is 0 Å². The van der Waals surface area contributed by atoms with Crippen molar-refractivity contribution in [3.63, 3.8) is 0 Å². The Balaban J connectivity index is 2.40. The number of rotatable bonds is 6. The van der Waals surface area contributed by atoms with Gasteiger partial charge in [0.1, 0.15) is 0 Å². The SMILES string of the molecule is Cc1c(Br)cccc1CC(=O)NCCCC(=O)O. The van der Waals surface area contributed by atoms with Crippen LogP contribution in [0.25, 0.3) is 0 Å². The van der Waals surface area contributed by atoms with Crippen LogP contribution in [0.15, 0.2) is 22.7 Å². The molecule has 0 atom stereocenters. The molecule has 0 fully saturated rings. The van der Waals surface area contributed by atoms with Crippen molar-refractivity contribution in [1.82, 2.24) is 5.32 Å². The van der Waals surface area contributed by atoms with Gasteiger partial charge < -0.3 is 10.4 Å². The predicted octanol–water partition coefficient (Wildman–Crippen LogP) is 2.28. The van der Waals surface area contributed by atoms with E-state index < -0.39 is 5.97 Å². The Hall–Kier alpha value is -1.36. The Morgan fingerprint density at radius 1 is 1.39 bits per heavy atom. The first kappa shape index (κ1) is 14.7. The van der Waals surface area contributed by atoms with Crippen molar-refractivity contribution in [2.24, 2.45) is 0 Å². The quantitative estimate of drug-likeness (QED) is 0.792. The van der Waals surface area contributed by atoms with Gasteiger partial charge >= 0.3 is 5.97 Å². The van der Waals surface area contributed by atoms with Crippen LogP contribution in [0.1, 0.15) is 24.0 Å².